The maximum Gasteiger partial charge on any atom is 0.333 e. The largest absolute Gasteiger partial charge is 0.496 e. The van der Waals surface area contributed by atoms with Crippen molar-refractivity contribution >= 4 is 46.1 Å². The van der Waals surface area contributed by atoms with Crippen molar-refractivity contribution in [2.45, 2.75) is 6.04 Å². The summed E-state index contributed by atoms with van der Waals surface area (Å²) in [5.74, 6) is -0.674. The second kappa shape index (κ2) is 8.34. The topological polar surface area (TPSA) is 64.6 Å². The van der Waals surface area contributed by atoms with Crippen LogP contribution in [-0.4, -0.2) is 26.1 Å². The Kier molecular flexibility index (Phi) is 6.44. The molecule has 0 spiro atoms. The molecule has 0 aliphatic carbocycles. The van der Waals surface area contributed by atoms with Gasteiger partial charge in [0.05, 0.1) is 24.8 Å². The molecule has 1 unspecified atom stereocenters. The van der Waals surface area contributed by atoms with E-state index in [4.69, 9.17) is 21.1 Å². The molecule has 24 heavy (non-hydrogen) atoms. The number of carbonyl (C=O) groups excluding carboxylic acids is 2. The lowest BCUT2D eigenvalue weighted by molar-refractivity contribution is -0.143. The highest BCUT2D eigenvalue weighted by Crippen LogP contribution is 2.28. The molecule has 0 aliphatic rings. The van der Waals surface area contributed by atoms with Crippen LogP contribution in [0, 0.1) is 3.57 Å². The van der Waals surface area contributed by atoms with Crippen LogP contribution in [-0.2, 0) is 9.53 Å². The minimum Gasteiger partial charge on any atom is -0.496 e. The average Bonchev–Trinajstić information content (AvgIpc) is 2.61. The van der Waals surface area contributed by atoms with Crippen LogP contribution < -0.4 is 10.1 Å². The summed E-state index contributed by atoms with van der Waals surface area (Å²) >= 11 is 8.14. The van der Waals surface area contributed by atoms with Gasteiger partial charge in [0.25, 0.3) is 5.91 Å². The van der Waals surface area contributed by atoms with Crippen LogP contribution in [0.2, 0.25) is 5.02 Å². The smallest absolute Gasteiger partial charge is 0.333 e. The highest BCUT2D eigenvalue weighted by Gasteiger charge is 2.25. The van der Waals surface area contributed by atoms with Crippen LogP contribution >= 0.6 is 34.2 Å². The van der Waals surface area contributed by atoms with E-state index in [-0.39, 0.29) is 5.56 Å². The van der Waals surface area contributed by atoms with E-state index < -0.39 is 17.9 Å². The standard InChI is InChI=1S/C17H15ClINO4/c1-23-14-9-13(19)12(18)8-11(14)16(21)20-15(17(22)24-2)10-6-4-3-5-7-10/h3-9,15H,1-2H3,(H,20,21). The van der Waals surface area contributed by atoms with E-state index >= 15 is 0 Å². The van der Waals surface area contributed by atoms with Crippen LogP contribution in [0.3, 0.4) is 0 Å². The molecule has 0 bridgehead atoms. The molecule has 2 rings (SSSR count). The summed E-state index contributed by atoms with van der Waals surface area (Å²) in [6.07, 6.45) is 0. The Morgan fingerprint density at radius 1 is 1.17 bits per heavy atom. The predicted octanol–water partition coefficient (Wildman–Crippen LogP) is 3.60. The Hall–Kier alpha value is -1.80. The third-order valence-electron chi connectivity index (χ3n) is 3.33. The van der Waals surface area contributed by atoms with Gasteiger partial charge in [-0.1, -0.05) is 41.9 Å². The Labute approximate surface area is 158 Å². The number of rotatable bonds is 5. The fourth-order valence-electron chi connectivity index (χ4n) is 2.13. The van der Waals surface area contributed by atoms with Gasteiger partial charge in [-0.3, -0.25) is 4.79 Å². The minimum absolute atomic E-state index is 0.243. The molecule has 126 valence electrons. The van der Waals surface area contributed by atoms with Crippen LogP contribution in [0.5, 0.6) is 5.75 Å². The van der Waals surface area contributed by atoms with Crippen molar-refractivity contribution in [3.05, 3.63) is 62.2 Å². The average molecular weight is 460 g/mol. The van der Waals surface area contributed by atoms with Crippen molar-refractivity contribution < 1.29 is 19.1 Å². The summed E-state index contributed by atoms with van der Waals surface area (Å²) in [7, 11) is 2.73. The first-order valence-corrected chi connectivity index (χ1v) is 8.40. The van der Waals surface area contributed by atoms with Gasteiger partial charge >= 0.3 is 5.97 Å². The molecule has 7 heteroatoms. The molecular weight excluding hydrogens is 445 g/mol. The van der Waals surface area contributed by atoms with Crippen LogP contribution in [0.4, 0.5) is 0 Å². The molecule has 2 aromatic carbocycles. The van der Waals surface area contributed by atoms with Gasteiger partial charge < -0.3 is 14.8 Å². The van der Waals surface area contributed by atoms with Gasteiger partial charge in [-0.15, -0.1) is 0 Å². The molecule has 1 atom stereocenters. The number of benzene rings is 2. The quantitative estimate of drug-likeness (QED) is 0.548. The molecule has 5 nitrogen and oxygen atoms in total. The van der Waals surface area contributed by atoms with Gasteiger partial charge in [-0.25, -0.2) is 4.79 Å². The summed E-state index contributed by atoms with van der Waals surface area (Å²) in [5.41, 5.74) is 0.862. The lowest BCUT2D eigenvalue weighted by Crippen LogP contribution is -2.34. The molecule has 0 radical (unpaired) electrons. The third-order valence-corrected chi connectivity index (χ3v) is 4.86. The number of methoxy groups -OCH3 is 2. The van der Waals surface area contributed by atoms with E-state index in [9.17, 15) is 9.59 Å². The molecule has 0 aliphatic heterocycles. The van der Waals surface area contributed by atoms with E-state index in [1.165, 1.54) is 20.3 Å². The molecule has 1 N–H and O–H groups in total. The maximum atomic E-state index is 12.6. The van der Waals surface area contributed by atoms with Crippen LogP contribution in [0.25, 0.3) is 0 Å². The summed E-state index contributed by atoms with van der Waals surface area (Å²) in [4.78, 5) is 24.7. The Morgan fingerprint density at radius 2 is 1.83 bits per heavy atom. The second-order valence-corrected chi connectivity index (χ2v) is 6.38. The zero-order valence-corrected chi connectivity index (χ0v) is 15.9. The van der Waals surface area contributed by atoms with Gasteiger partial charge in [0.1, 0.15) is 5.75 Å². The Balaban J connectivity index is 2.35. The van der Waals surface area contributed by atoms with Crippen LogP contribution in [0.15, 0.2) is 42.5 Å². The molecule has 0 heterocycles. The summed E-state index contributed by atoms with van der Waals surface area (Å²) < 4.78 is 10.8. The van der Waals surface area contributed by atoms with Gasteiger partial charge in [-0.2, -0.15) is 0 Å². The maximum absolute atomic E-state index is 12.6. The SMILES string of the molecule is COC(=O)C(NC(=O)c1cc(Cl)c(I)cc1OC)c1ccccc1. The van der Waals surface area contributed by atoms with Gasteiger partial charge in [-0.05, 0) is 40.3 Å². The Bertz CT molecular complexity index is 752. The van der Waals surface area contributed by atoms with Gasteiger partial charge in [0.15, 0.2) is 6.04 Å². The predicted molar refractivity (Wildman–Crippen MR) is 99.4 cm³/mol. The van der Waals surface area contributed by atoms with Crippen molar-refractivity contribution in [2.24, 2.45) is 0 Å². The number of carbonyl (C=O) groups is 2. The minimum atomic E-state index is -0.925. The molecule has 0 aromatic heterocycles. The highest BCUT2D eigenvalue weighted by atomic mass is 127. The lowest BCUT2D eigenvalue weighted by Gasteiger charge is -2.18. The summed E-state index contributed by atoms with van der Waals surface area (Å²) in [5, 5.41) is 3.09. The van der Waals surface area contributed by atoms with Crippen molar-refractivity contribution in [3.63, 3.8) is 0 Å². The first-order valence-electron chi connectivity index (χ1n) is 6.94. The second-order valence-electron chi connectivity index (χ2n) is 4.81. The molecule has 0 saturated heterocycles. The van der Waals surface area contributed by atoms with Crippen molar-refractivity contribution in [3.8, 4) is 5.75 Å². The zero-order valence-electron chi connectivity index (χ0n) is 13.0. The number of ether oxygens (including phenoxy) is 2. The number of nitrogens with one attached hydrogen (secondary N) is 1. The number of hydrogen-bond acceptors (Lipinski definition) is 4. The lowest BCUT2D eigenvalue weighted by atomic mass is 10.1. The first-order chi connectivity index (χ1) is 11.5. The number of halogens is 2. The fourth-order valence-corrected chi connectivity index (χ4v) is 2.73. The summed E-state index contributed by atoms with van der Waals surface area (Å²) in [6, 6.07) is 11.1. The van der Waals surface area contributed by atoms with E-state index in [0.29, 0.717) is 16.3 Å². The molecule has 0 fully saturated rings. The number of hydrogen-bond donors (Lipinski definition) is 1. The van der Waals surface area contributed by atoms with Gasteiger partial charge in [0.2, 0.25) is 0 Å². The number of amides is 1. The molecular formula is C17H15ClINO4. The van der Waals surface area contributed by atoms with E-state index in [2.05, 4.69) is 5.32 Å². The molecule has 1 amide bonds. The van der Waals surface area contributed by atoms with Gasteiger partial charge in [0, 0.05) is 3.57 Å². The Morgan fingerprint density at radius 3 is 2.42 bits per heavy atom. The monoisotopic (exact) mass is 459 g/mol. The van der Waals surface area contributed by atoms with Crippen molar-refractivity contribution in [1.29, 1.82) is 0 Å². The van der Waals surface area contributed by atoms with E-state index in [0.717, 1.165) is 3.57 Å². The molecule has 2 aromatic rings. The fraction of sp³-hybridized carbons (Fsp3) is 0.176. The normalized spacial score (nSPS) is 11.5. The summed E-state index contributed by atoms with van der Waals surface area (Å²) in [6.45, 7) is 0. The number of esters is 1. The molecule has 0 saturated carbocycles. The van der Waals surface area contributed by atoms with E-state index in [1.54, 1.807) is 30.3 Å². The van der Waals surface area contributed by atoms with Crippen molar-refractivity contribution in [1.82, 2.24) is 5.32 Å². The third kappa shape index (κ3) is 4.18. The zero-order chi connectivity index (χ0) is 17.7. The first kappa shape index (κ1) is 18.5. The van der Waals surface area contributed by atoms with Crippen LogP contribution in [0.1, 0.15) is 22.0 Å². The van der Waals surface area contributed by atoms with Crippen molar-refractivity contribution in [2.75, 3.05) is 14.2 Å². The van der Waals surface area contributed by atoms with E-state index in [1.807, 2.05) is 28.7 Å². The highest BCUT2D eigenvalue weighted by molar-refractivity contribution is 14.1.